The summed E-state index contributed by atoms with van der Waals surface area (Å²) in [4.78, 5) is 47.0. The number of aromatic nitrogens is 4. The molecule has 2 aromatic heterocycles. The van der Waals surface area contributed by atoms with Crippen LogP contribution in [0.3, 0.4) is 0 Å². The van der Waals surface area contributed by atoms with Crippen molar-refractivity contribution in [1.29, 1.82) is 0 Å². The molecule has 0 aliphatic carbocycles. The average Bonchev–Trinajstić information content (AvgIpc) is 2.82. The van der Waals surface area contributed by atoms with Crippen molar-refractivity contribution >= 4 is 46.0 Å². The van der Waals surface area contributed by atoms with Gasteiger partial charge in [-0.3, -0.25) is 18.7 Å². The van der Waals surface area contributed by atoms with Gasteiger partial charge in [-0.1, -0.05) is 59.8 Å². The molecule has 0 fully saturated rings. The molecular formula is C23H20ClN5O3S. The van der Waals surface area contributed by atoms with Gasteiger partial charge in [0.2, 0.25) is 5.91 Å². The first-order valence-electron chi connectivity index (χ1n) is 9.98. The third-order valence-corrected chi connectivity index (χ3v) is 6.48. The van der Waals surface area contributed by atoms with Gasteiger partial charge in [-0.15, -0.1) is 0 Å². The number of nitrogens with zero attached hydrogens (tertiary/aromatic N) is 4. The molecule has 1 amide bonds. The van der Waals surface area contributed by atoms with E-state index in [4.69, 9.17) is 11.6 Å². The first-order chi connectivity index (χ1) is 15.8. The molecule has 4 rings (SSSR count). The van der Waals surface area contributed by atoms with Gasteiger partial charge in [0.1, 0.15) is 10.4 Å². The number of hydrogen-bond acceptors (Lipinski definition) is 6. The molecule has 168 valence electrons. The summed E-state index contributed by atoms with van der Waals surface area (Å²) in [6.07, 6.45) is 0. The monoisotopic (exact) mass is 481 g/mol. The smallest absolute Gasteiger partial charge is 0.325 e. The minimum atomic E-state index is -0.513. The molecule has 2 heterocycles. The van der Waals surface area contributed by atoms with Gasteiger partial charge in [0, 0.05) is 30.4 Å². The molecule has 0 aliphatic heterocycles. The van der Waals surface area contributed by atoms with Gasteiger partial charge in [-0.05, 0) is 24.6 Å². The van der Waals surface area contributed by atoms with Crippen LogP contribution < -0.4 is 16.6 Å². The Bertz CT molecular complexity index is 1500. The van der Waals surface area contributed by atoms with Crippen LogP contribution >= 0.6 is 23.4 Å². The van der Waals surface area contributed by atoms with Gasteiger partial charge >= 0.3 is 5.69 Å². The van der Waals surface area contributed by atoms with Gasteiger partial charge in [0.25, 0.3) is 5.56 Å². The van der Waals surface area contributed by atoms with E-state index in [1.54, 1.807) is 19.2 Å². The number of benzene rings is 2. The molecule has 0 spiro atoms. The lowest BCUT2D eigenvalue weighted by molar-refractivity contribution is -0.113. The van der Waals surface area contributed by atoms with Gasteiger partial charge in [-0.25, -0.2) is 14.8 Å². The fraction of sp³-hybridized carbons (Fsp3) is 0.174. The molecule has 4 aromatic rings. The van der Waals surface area contributed by atoms with Crippen LogP contribution in [0.2, 0.25) is 5.02 Å². The summed E-state index contributed by atoms with van der Waals surface area (Å²) < 4.78 is 2.32. The Kier molecular flexibility index (Phi) is 6.35. The number of nitrogens with one attached hydrogen (secondary N) is 1. The predicted octanol–water partition coefficient (Wildman–Crippen LogP) is 3.39. The minimum Gasteiger partial charge on any atom is -0.325 e. The van der Waals surface area contributed by atoms with E-state index in [1.807, 2.05) is 43.3 Å². The van der Waals surface area contributed by atoms with Crippen molar-refractivity contribution in [3.8, 4) is 11.4 Å². The fourth-order valence-corrected chi connectivity index (χ4v) is 4.25. The Balaban J connectivity index is 1.73. The zero-order chi connectivity index (χ0) is 23.7. The summed E-state index contributed by atoms with van der Waals surface area (Å²) in [5.74, 6) is 0.0758. The molecule has 0 saturated heterocycles. The topological polar surface area (TPSA) is 98.9 Å². The van der Waals surface area contributed by atoms with Gasteiger partial charge in [-0.2, -0.15) is 0 Å². The summed E-state index contributed by atoms with van der Waals surface area (Å²) in [6.45, 7) is 1.88. The number of carbonyl (C=O) groups excluding carboxylic acids is 1. The predicted molar refractivity (Wildman–Crippen MR) is 131 cm³/mol. The van der Waals surface area contributed by atoms with E-state index in [0.717, 1.165) is 27.5 Å². The molecule has 0 saturated carbocycles. The second kappa shape index (κ2) is 9.21. The first-order valence-corrected chi connectivity index (χ1v) is 11.3. The van der Waals surface area contributed by atoms with Crippen LogP contribution in [0.5, 0.6) is 0 Å². The highest BCUT2D eigenvalue weighted by molar-refractivity contribution is 8.00. The van der Waals surface area contributed by atoms with Crippen LogP contribution in [0.15, 0.2) is 63.1 Å². The number of rotatable bonds is 5. The third-order valence-electron chi connectivity index (χ3n) is 5.09. The van der Waals surface area contributed by atoms with Gasteiger partial charge in [0.05, 0.1) is 5.75 Å². The Hall–Kier alpha value is -3.43. The maximum Gasteiger partial charge on any atom is 0.332 e. The number of aryl methyl sites for hydroxylation is 2. The Morgan fingerprint density at radius 2 is 1.79 bits per heavy atom. The second-order valence-electron chi connectivity index (χ2n) is 7.42. The van der Waals surface area contributed by atoms with E-state index in [0.29, 0.717) is 21.6 Å². The molecule has 8 nitrogen and oxygen atoms in total. The van der Waals surface area contributed by atoms with E-state index in [1.165, 1.54) is 11.6 Å². The van der Waals surface area contributed by atoms with Crippen molar-refractivity contribution in [3.05, 3.63) is 80.0 Å². The van der Waals surface area contributed by atoms with Crippen molar-refractivity contribution in [1.82, 2.24) is 19.1 Å². The number of amides is 1. The summed E-state index contributed by atoms with van der Waals surface area (Å²) in [7, 11) is 2.95. The van der Waals surface area contributed by atoms with Crippen LogP contribution in [0.25, 0.3) is 22.4 Å². The Morgan fingerprint density at radius 1 is 1.06 bits per heavy atom. The first kappa shape index (κ1) is 22.8. The molecule has 33 heavy (non-hydrogen) atoms. The standard InChI is InChI=1S/C23H20ClN5O3S/c1-13-9-10-15(11-16(13)24)25-17(30)12-33-21-18-20(28(2)23(32)29(3)22(18)31)26-19(27-21)14-7-5-4-6-8-14/h4-11H,12H2,1-3H3,(H,25,30). The van der Waals surface area contributed by atoms with Crippen molar-refractivity contribution in [3.63, 3.8) is 0 Å². The largest absolute Gasteiger partial charge is 0.332 e. The maximum atomic E-state index is 12.9. The van der Waals surface area contributed by atoms with Crippen molar-refractivity contribution in [2.45, 2.75) is 11.9 Å². The highest BCUT2D eigenvalue weighted by atomic mass is 35.5. The van der Waals surface area contributed by atoms with E-state index in [9.17, 15) is 14.4 Å². The number of hydrogen-bond donors (Lipinski definition) is 1. The van der Waals surface area contributed by atoms with Crippen molar-refractivity contribution in [2.24, 2.45) is 14.1 Å². The molecule has 0 atom stereocenters. The summed E-state index contributed by atoms with van der Waals surface area (Å²) in [5.41, 5.74) is 1.42. The molecule has 10 heteroatoms. The molecule has 0 radical (unpaired) electrons. The Labute approximate surface area is 198 Å². The SMILES string of the molecule is Cc1ccc(NC(=O)CSc2nc(-c3ccccc3)nc3c2c(=O)n(C)c(=O)n3C)cc1Cl. The second-order valence-corrected chi connectivity index (χ2v) is 8.79. The lowest BCUT2D eigenvalue weighted by Crippen LogP contribution is -2.37. The lowest BCUT2D eigenvalue weighted by Gasteiger charge is -2.12. The van der Waals surface area contributed by atoms with E-state index >= 15 is 0 Å². The molecule has 0 aliphatic rings. The van der Waals surface area contributed by atoms with Gasteiger partial charge in [0.15, 0.2) is 11.5 Å². The average molecular weight is 482 g/mol. The zero-order valence-corrected chi connectivity index (χ0v) is 19.7. The molecule has 2 aromatic carbocycles. The molecule has 0 bridgehead atoms. The summed E-state index contributed by atoms with van der Waals surface area (Å²) in [5, 5.41) is 3.87. The van der Waals surface area contributed by atoms with E-state index < -0.39 is 11.2 Å². The number of fused-ring (bicyclic) bond motifs is 1. The van der Waals surface area contributed by atoms with Gasteiger partial charge < -0.3 is 5.32 Å². The minimum absolute atomic E-state index is 0.00215. The lowest BCUT2D eigenvalue weighted by atomic mass is 10.2. The third kappa shape index (κ3) is 4.55. The van der Waals surface area contributed by atoms with Crippen LogP contribution in [0, 0.1) is 6.92 Å². The van der Waals surface area contributed by atoms with E-state index in [2.05, 4.69) is 15.3 Å². The molecule has 1 N–H and O–H groups in total. The number of thioether (sulfide) groups is 1. The quantitative estimate of drug-likeness (QED) is 0.346. The van der Waals surface area contributed by atoms with E-state index in [-0.39, 0.29) is 22.7 Å². The number of carbonyl (C=O) groups is 1. The highest BCUT2D eigenvalue weighted by Gasteiger charge is 2.19. The van der Waals surface area contributed by atoms with Crippen LogP contribution in [0.1, 0.15) is 5.56 Å². The number of halogens is 1. The summed E-state index contributed by atoms with van der Waals surface area (Å²) >= 11 is 7.24. The Morgan fingerprint density at radius 3 is 2.48 bits per heavy atom. The summed E-state index contributed by atoms with van der Waals surface area (Å²) in [6, 6.07) is 14.5. The van der Waals surface area contributed by atoms with Crippen molar-refractivity contribution < 1.29 is 4.79 Å². The van der Waals surface area contributed by atoms with Crippen LogP contribution in [-0.2, 0) is 18.9 Å². The molecular weight excluding hydrogens is 462 g/mol. The van der Waals surface area contributed by atoms with Crippen LogP contribution in [0.4, 0.5) is 5.69 Å². The van der Waals surface area contributed by atoms with Crippen molar-refractivity contribution in [2.75, 3.05) is 11.1 Å². The highest BCUT2D eigenvalue weighted by Crippen LogP contribution is 2.26. The normalized spacial score (nSPS) is 11.0. The number of anilines is 1. The van der Waals surface area contributed by atoms with Crippen LogP contribution in [-0.4, -0.2) is 30.8 Å². The zero-order valence-electron chi connectivity index (χ0n) is 18.1. The fourth-order valence-electron chi connectivity index (χ4n) is 3.25. The maximum absolute atomic E-state index is 12.9. The molecule has 0 unspecified atom stereocenters.